The minimum Gasteiger partial charge on any atom is -0.197 e. The molecule has 0 aromatic carbocycles. The van der Waals surface area contributed by atoms with E-state index < -0.39 is 0 Å². The van der Waals surface area contributed by atoms with E-state index >= 15 is 0 Å². The number of hydrogen-bond donors (Lipinski definition) is 0. The lowest BCUT2D eigenvalue weighted by atomic mass is 10.1. The number of rotatable bonds is 1. The molecule has 1 fully saturated rings. The Morgan fingerprint density at radius 1 is 1.64 bits per heavy atom. The van der Waals surface area contributed by atoms with E-state index in [0.29, 0.717) is 0 Å². The second-order valence-corrected chi connectivity index (χ2v) is 4.17. The highest BCUT2D eigenvalue weighted by atomic mass is 35.5. The van der Waals surface area contributed by atoms with Crippen LogP contribution in [0.25, 0.3) is 0 Å². The van der Waals surface area contributed by atoms with Crippen molar-refractivity contribution in [3.63, 3.8) is 0 Å². The lowest BCUT2D eigenvalue weighted by Crippen LogP contribution is -1.97. The van der Waals surface area contributed by atoms with Gasteiger partial charge in [-0.2, -0.15) is 5.26 Å². The third-order valence-electron chi connectivity index (χ3n) is 2.00. The molecule has 1 aromatic heterocycles. The zero-order valence-corrected chi connectivity index (χ0v) is 7.37. The molecule has 1 saturated carbocycles. The van der Waals surface area contributed by atoms with E-state index in [4.69, 9.17) is 16.9 Å². The van der Waals surface area contributed by atoms with Crippen molar-refractivity contribution in [1.29, 1.82) is 5.26 Å². The van der Waals surface area contributed by atoms with Gasteiger partial charge in [-0.1, -0.05) is 11.6 Å². The van der Waals surface area contributed by atoms with Gasteiger partial charge in [-0.15, -0.1) is 11.3 Å². The van der Waals surface area contributed by atoms with Crippen molar-refractivity contribution in [3.8, 4) is 6.07 Å². The van der Waals surface area contributed by atoms with Crippen LogP contribution in [0.4, 0.5) is 0 Å². The Morgan fingerprint density at radius 2 is 2.36 bits per heavy atom. The highest BCUT2D eigenvalue weighted by molar-refractivity contribution is 7.10. The Balaban J connectivity index is 2.38. The Morgan fingerprint density at radius 3 is 2.73 bits per heavy atom. The molecule has 1 nitrogen and oxygen atoms in total. The van der Waals surface area contributed by atoms with Gasteiger partial charge in [0.15, 0.2) is 0 Å². The third-order valence-corrected chi connectivity index (χ3v) is 3.49. The molecular weight excluding hydrogens is 178 g/mol. The standard InChI is InChI=1S/C8H6ClNS/c9-6-3-7(11-4-6)8(5-10)1-2-8/h3-4H,1-2H2. The van der Waals surface area contributed by atoms with Crippen molar-refractivity contribution >= 4 is 22.9 Å². The Labute approximate surface area is 74.2 Å². The fourth-order valence-electron chi connectivity index (χ4n) is 1.10. The molecule has 11 heavy (non-hydrogen) atoms. The molecule has 1 aliphatic carbocycles. The first kappa shape index (κ1) is 7.15. The molecule has 0 bridgehead atoms. The topological polar surface area (TPSA) is 23.8 Å². The second-order valence-electron chi connectivity index (χ2n) is 2.82. The van der Waals surface area contributed by atoms with E-state index in [1.807, 2.05) is 11.4 Å². The summed E-state index contributed by atoms with van der Waals surface area (Å²) < 4.78 is 0. The van der Waals surface area contributed by atoms with Crippen LogP contribution in [-0.4, -0.2) is 0 Å². The quantitative estimate of drug-likeness (QED) is 0.657. The van der Waals surface area contributed by atoms with Gasteiger partial charge in [0.1, 0.15) is 0 Å². The van der Waals surface area contributed by atoms with E-state index in [9.17, 15) is 0 Å². The van der Waals surface area contributed by atoms with E-state index in [0.717, 1.165) is 22.7 Å². The summed E-state index contributed by atoms with van der Waals surface area (Å²) in [5, 5.41) is 11.5. The summed E-state index contributed by atoms with van der Waals surface area (Å²) in [5.41, 5.74) is -0.155. The van der Waals surface area contributed by atoms with Crippen LogP contribution in [0.15, 0.2) is 11.4 Å². The van der Waals surface area contributed by atoms with E-state index in [1.54, 1.807) is 11.3 Å². The molecule has 1 heterocycles. The van der Waals surface area contributed by atoms with Crippen molar-refractivity contribution in [2.75, 3.05) is 0 Å². The molecule has 0 atom stereocenters. The van der Waals surface area contributed by atoms with Gasteiger partial charge in [0.05, 0.1) is 16.5 Å². The molecule has 0 unspecified atom stereocenters. The second kappa shape index (κ2) is 2.23. The van der Waals surface area contributed by atoms with Crippen LogP contribution >= 0.6 is 22.9 Å². The highest BCUT2D eigenvalue weighted by Gasteiger charge is 2.45. The monoisotopic (exact) mass is 183 g/mol. The van der Waals surface area contributed by atoms with Crippen molar-refractivity contribution in [1.82, 2.24) is 0 Å². The molecule has 0 N–H and O–H groups in total. The highest BCUT2D eigenvalue weighted by Crippen LogP contribution is 2.50. The van der Waals surface area contributed by atoms with E-state index in [1.165, 1.54) is 0 Å². The van der Waals surface area contributed by atoms with Gasteiger partial charge >= 0.3 is 0 Å². The maximum Gasteiger partial charge on any atom is 0.0916 e. The first-order chi connectivity index (χ1) is 5.27. The molecular formula is C8H6ClNS. The molecule has 1 aromatic rings. The predicted octanol–water partition coefficient (Wildman–Crippen LogP) is 2.96. The SMILES string of the molecule is N#CC1(c2cc(Cl)cs2)CC1. The number of thiophene rings is 1. The zero-order chi connectivity index (χ0) is 7.90. The van der Waals surface area contributed by atoms with Crippen LogP contribution in [0.2, 0.25) is 5.02 Å². The molecule has 0 amide bonds. The molecule has 2 rings (SSSR count). The molecule has 0 radical (unpaired) electrons. The van der Waals surface area contributed by atoms with E-state index in [-0.39, 0.29) is 5.41 Å². The average Bonchev–Trinajstić information content (AvgIpc) is 2.70. The van der Waals surface area contributed by atoms with Crippen LogP contribution < -0.4 is 0 Å². The Kier molecular flexibility index (Phi) is 1.45. The van der Waals surface area contributed by atoms with Gasteiger partial charge in [-0.3, -0.25) is 0 Å². The number of nitrogens with zero attached hydrogens (tertiary/aromatic N) is 1. The van der Waals surface area contributed by atoms with Gasteiger partial charge < -0.3 is 0 Å². The van der Waals surface area contributed by atoms with E-state index in [2.05, 4.69) is 6.07 Å². The van der Waals surface area contributed by atoms with Gasteiger partial charge in [0, 0.05) is 10.3 Å². The minimum atomic E-state index is -0.155. The van der Waals surface area contributed by atoms with Crippen molar-refractivity contribution in [3.05, 3.63) is 21.3 Å². The van der Waals surface area contributed by atoms with Crippen molar-refractivity contribution in [2.45, 2.75) is 18.3 Å². The molecule has 3 heteroatoms. The Hall–Kier alpha value is -0.520. The van der Waals surface area contributed by atoms with Gasteiger partial charge in [0.25, 0.3) is 0 Å². The van der Waals surface area contributed by atoms with Crippen molar-refractivity contribution in [2.24, 2.45) is 0 Å². The van der Waals surface area contributed by atoms with Gasteiger partial charge in [-0.05, 0) is 18.9 Å². The third kappa shape index (κ3) is 1.05. The molecule has 56 valence electrons. The summed E-state index contributed by atoms with van der Waals surface area (Å²) in [7, 11) is 0. The summed E-state index contributed by atoms with van der Waals surface area (Å²) in [6.07, 6.45) is 2.00. The first-order valence-electron chi connectivity index (χ1n) is 3.43. The lowest BCUT2D eigenvalue weighted by Gasteiger charge is -1.97. The van der Waals surface area contributed by atoms with Gasteiger partial charge in [-0.25, -0.2) is 0 Å². The molecule has 0 saturated heterocycles. The average molecular weight is 184 g/mol. The molecule has 0 aliphatic heterocycles. The maximum absolute atomic E-state index is 8.83. The molecule has 0 spiro atoms. The fourth-order valence-corrected chi connectivity index (χ4v) is 2.39. The maximum atomic E-state index is 8.83. The smallest absolute Gasteiger partial charge is 0.0916 e. The predicted molar refractivity (Wildman–Crippen MR) is 45.9 cm³/mol. The van der Waals surface area contributed by atoms with Crippen molar-refractivity contribution < 1.29 is 0 Å². The first-order valence-corrected chi connectivity index (χ1v) is 4.68. The van der Waals surface area contributed by atoms with Gasteiger partial charge in [0.2, 0.25) is 0 Å². The van der Waals surface area contributed by atoms with Crippen LogP contribution in [0.1, 0.15) is 17.7 Å². The summed E-state index contributed by atoms with van der Waals surface area (Å²) in [5.74, 6) is 0. The van der Waals surface area contributed by atoms with Crippen LogP contribution in [0.5, 0.6) is 0 Å². The summed E-state index contributed by atoms with van der Waals surface area (Å²) in [4.78, 5) is 1.13. The zero-order valence-electron chi connectivity index (χ0n) is 5.80. The summed E-state index contributed by atoms with van der Waals surface area (Å²) >= 11 is 7.34. The number of nitriles is 1. The molecule has 1 aliphatic rings. The number of halogens is 1. The largest absolute Gasteiger partial charge is 0.197 e. The van der Waals surface area contributed by atoms with Crippen LogP contribution in [-0.2, 0) is 5.41 Å². The minimum absolute atomic E-state index is 0.155. The van der Waals surface area contributed by atoms with Crippen LogP contribution in [0.3, 0.4) is 0 Å². The normalized spacial score (nSPS) is 19.3. The van der Waals surface area contributed by atoms with Crippen LogP contribution in [0, 0.1) is 11.3 Å². The fraction of sp³-hybridized carbons (Fsp3) is 0.375. The number of hydrogen-bond acceptors (Lipinski definition) is 2. The Bertz CT molecular complexity index is 319. The summed E-state index contributed by atoms with van der Waals surface area (Å²) in [6, 6.07) is 4.24. The summed E-state index contributed by atoms with van der Waals surface area (Å²) in [6.45, 7) is 0. The lowest BCUT2D eigenvalue weighted by molar-refractivity contribution is 0.937.